The standard InChI is InChI=1S/C29H28ClNO7/c1-17(32)22-10-9-20(30)13-23(22)24-15-28(34)31(16-27(24)37-2)25(14-21-4-3-11-38-21)26(33)12-18-5-7-19(8-6-18)29(35)36/h5-10,13,15-16,21,25H,3-4,11-12,14H2,1-2H3,(H,35,36). The molecular formula is C29H28ClNO7. The number of Topliss-reactive ketones (excluding diaryl/α,β-unsaturated/α-hetero) is 2. The van der Waals surface area contributed by atoms with E-state index in [9.17, 15) is 19.2 Å². The summed E-state index contributed by atoms with van der Waals surface area (Å²) in [5, 5.41) is 9.54. The highest BCUT2D eigenvalue weighted by molar-refractivity contribution is 6.31. The van der Waals surface area contributed by atoms with Crippen molar-refractivity contribution in [2.24, 2.45) is 0 Å². The van der Waals surface area contributed by atoms with E-state index in [1.807, 2.05) is 0 Å². The molecule has 38 heavy (non-hydrogen) atoms. The molecule has 1 fully saturated rings. The molecule has 0 bridgehead atoms. The molecule has 0 amide bonds. The smallest absolute Gasteiger partial charge is 0.335 e. The Morgan fingerprint density at radius 3 is 2.47 bits per heavy atom. The van der Waals surface area contributed by atoms with Crippen molar-refractivity contribution in [2.75, 3.05) is 13.7 Å². The molecule has 1 aliphatic heterocycles. The Morgan fingerprint density at radius 2 is 1.87 bits per heavy atom. The van der Waals surface area contributed by atoms with Gasteiger partial charge in [-0.1, -0.05) is 23.7 Å². The molecule has 1 saturated heterocycles. The fourth-order valence-electron chi connectivity index (χ4n) is 4.76. The van der Waals surface area contributed by atoms with E-state index in [0.717, 1.165) is 12.8 Å². The first kappa shape index (κ1) is 27.3. The molecule has 0 saturated carbocycles. The molecule has 2 unspecified atom stereocenters. The summed E-state index contributed by atoms with van der Waals surface area (Å²) in [5.74, 6) is -1.15. The Labute approximate surface area is 224 Å². The van der Waals surface area contributed by atoms with Crippen LogP contribution in [0, 0.1) is 0 Å². The molecule has 1 aromatic heterocycles. The summed E-state index contributed by atoms with van der Waals surface area (Å²) >= 11 is 6.20. The molecule has 0 aliphatic carbocycles. The van der Waals surface area contributed by atoms with Crippen LogP contribution in [0.2, 0.25) is 5.02 Å². The molecule has 9 heteroatoms. The van der Waals surface area contributed by atoms with Gasteiger partial charge in [0, 0.05) is 41.7 Å². The highest BCUT2D eigenvalue weighted by Crippen LogP contribution is 2.35. The van der Waals surface area contributed by atoms with E-state index in [2.05, 4.69) is 0 Å². The van der Waals surface area contributed by atoms with Crippen LogP contribution in [0.15, 0.2) is 59.5 Å². The highest BCUT2D eigenvalue weighted by Gasteiger charge is 2.29. The summed E-state index contributed by atoms with van der Waals surface area (Å²) in [4.78, 5) is 50.5. The molecule has 2 atom stereocenters. The number of halogens is 1. The van der Waals surface area contributed by atoms with E-state index in [1.165, 1.54) is 43.0 Å². The third-order valence-corrected chi connectivity index (χ3v) is 6.95. The van der Waals surface area contributed by atoms with Gasteiger partial charge in [0.25, 0.3) is 5.56 Å². The predicted octanol–water partition coefficient (Wildman–Crippen LogP) is 5.00. The molecule has 3 aromatic rings. The number of carbonyl (C=O) groups is 3. The minimum absolute atomic E-state index is 0.0105. The Morgan fingerprint density at radius 1 is 1.13 bits per heavy atom. The van der Waals surface area contributed by atoms with Gasteiger partial charge in [0.2, 0.25) is 0 Å². The number of nitrogens with zero attached hydrogens (tertiary/aromatic N) is 1. The lowest BCUT2D eigenvalue weighted by Crippen LogP contribution is -2.33. The van der Waals surface area contributed by atoms with E-state index >= 15 is 0 Å². The lowest BCUT2D eigenvalue weighted by molar-refractivity contribution is -0.122. The normalized spacial score (nSPS) is 15.7. The van der Waals surface area contributed by atoms with Crippen LogP contribution < -0.4 is 10.3 Å². The van der Waals surface area contributed by atoms with Crippen molar-refractivity contribution in [1.29, 1.82) is 0 Å². The minimum atomic E-state index is -1.05. The van der Waals surface area contributed by atoms with E-state index in [1.54, 1.807) is 30.3 Å². The fourth-order valence-corrected chi connectivity index (χ4v) is 4.93. The van der Waals surface area contributed by atoms with Gasteiger partial charge in [-0.15, -0.1) is 0 Å². The van der Waals surface area contributed by atoms with E-state index in [4.69, 9.17) is 26.2 Å². The largest absolute Gasteiger partial charge is 0.495 e. The SMILES string of the molecule is COc1cn(C(CC2CCCO2)C(=O)Cc2ccc(C(=O)O)cc2)c(=O)cc1-c1cc(Cl)ccc1C(C)=O. The van der Waals surface area contributed by atoms with Crippen molar-refractivity contribution >= 4 is 29.1 Å². The molecule has 1 N–H and O–H groups in total. The third kappa shape index (κ3) is 6.03. The minimum Gasteiger partial charge on any atom is -0.495 e. The van der Waals surface area contributed by atoms with Crippen LogP contribution in [0.5, 0.6) is 5.75 Å². The Hall–Kier alpha value is -3.75. The number of aromatic nitrogens is 1. The number of carbonyl (C=O) groups excluding carboxylic acids is 2. The highest BCUT2D eigenvalue weighted by atomic mass is 35.5. The average molecular weight is 538 g/mol. The molecule has 1 aliphatic rings. The van der Waals surface area contributed by atoms with Crippen LogP contribution in [-0.2, 0) is 16.0 Å². The second-order valence-electron chi connectivity index (χ2n) is 9.28. The van der Waals surface area contributed by atoms with Gasteiger partial charge >= 0.3 is 5.97 Å². The topological polar surface area (TPSA) is 112 Å². The number of pyridine rings is 1. The Bertz CT molecular complexity index is 1420. The number of carboxylic acid groups (broad SMARTS) is 1. The second-order valence-corrected chi connectivity index (χ2v) is 9.72. The fraction of sp³-hybridized carbons (Fsp3) is 0.310. The number of rotatable bonds is 10. The Balaban J connectivity index is 1.75. The van der Waals surface area contributed by atoms with Crippen molar-refractivity contribution in [2.45, 2.75) is 44.8 Å². The lowest BCUT2D eigenvalue weighted by atomic mass is 9.95. The van der Waals surface area contributed by atoms with Gasteiger partial charge < -0.3 is 19.1 Å². The quantitative estimate of drug-likeness (QED) is 0.362. The lowest BCUT2D eigenvalue weighted by Gasteiger charge is -2.23. The maximum atomic E-state index is 13.6. The van der Waals surface area contributed by atoms with Crippen molar-refractivity contribution in [1.82, 2.24) is 4.57 Å². The van der Waals surface area contributed by atoms with Crippen LogP contribution in [0.4, 0.5) is 0 Å². The molecule has 2 heterocycles. The van der Waals surface area contributed by atoms with Gasteiger partial charge in [0.1, 0.15) is 5.75 Å². The summed E-state index contributed by atoms with van der Waals surface area (Å²) in [6.45, 7) is 2.03. The molecular weight excluding hydrogens is 510 g/mol. The number of hydrogen-bond acceptors (Lipinski definition) is 6. The average Bonchev–Trinajstić information content (AvgIpc) is 3.40. The molecule has 8 nitrogen and oxygen atoms in total. The van der Waals surface area contributed by atoms with Gasteiger partial charge in [0.15, 0.2) is 11.6 Å². The summed E-state index contributed by atoms with van der Waals surface area (Å²) in [6, 6.07) is 11.4. The van der Waals surface area contributed by atoms with Gasteiger partial charge in [-0.2, -0.15) is 0 Å². The maximum absolute atomic E-state index is 13.6. The van der Waals surface area contributed by atoms with E-state index < -0.39 is 17.6 Å². The van der Waals surface area contributed by atoms with Crippen molar-refractivity contribution in [3.05, 3.63) is 86.8 Å². The number of hydrogen-bond donors (Lipinski definition) is 1. The predicted molar refractivity (Wildman–Crippen MR) is 142 cm³/mol. The zero-order valence-corrected chi connectivity index (χ0v) is 21.9. The molecule has 0 spiro atoms. The molecule has 0 radical (unpaired) electrons. The van der Waals surface area contributed by atoms with Crippen LogP contribution in [-0.4, -0.2) is 47.0 Å². The summed E-state index contributed by atoms with van der Waals surface area (Å²) in [7, 11) is 1.45. The molecule has 198 valence electrons. The van der Waals surface area contributed by atoms with E-state index in [-0.39, 0.29) is 29.7 Å². The van der Waals surface area contributed by atoms with Crippen molar-refractivity contribution < 1.29 is 29.0 Å². The van der Waals surface area contributed by atoms with Gasteiger partial charge in [0.05, 0.1) is 31.0 Å². The first-order valence-electron chi connectivity index (χ1n) is 12.3. The molecule has 4 rings (SSSR count). The number of aromatic carboxylic acids is 1. The first-order valence-corrected chi connectivity index (χ1v) is 12.6. The van der Waals surface area contributed by atoms with Gasteiger partial charge in [-0.25, -0.2) is 4.79 Å². The number of benzene rings is 2. The zero-order chi connectivity index (χ0) is 27.4. The van der Waals surface area contributed by atoms with Crippen LogP contribution in [0.1, 0.15) is 58.5 Å². The zero-order valence-electron chi connectivity index (χ0n) is 21.1. The second kappa shape index (κ2) is 11.8. The van der Waals surface area contributed by atoms with Crippen molar-refractivity contribution in [3.63, 3.8) is 0 Å². The summed E-state index contributed by atoms with van der Waals surface area (Å²) < 4.78 is 12.7. The number of ether oxygens (including phenoxy) is 2. The number of carboxylic acids is 1. The van der Waals surface area contributed by atoms with Crippen LogP contribution >= 0.6 is 11.6 Å². The summed E-state index contributed by atoms with van der Waals surface area (Å²) in [6.07, 6.45) is 3.30. The van der Waals surface area contributed by atoms with Gasteiger partial charge in [-0.3, -0.25) is 14.4 Å². The van der Waals surface area contributed by atoms with Crippen LogP contribution in [0.3, 0.4) is 0 Å². The number of ketones is 2. The summed E-state index contributed by atoms with van der Waals surface area (Å²) in [5.41, 5.74) is 1.58. The van der Waals surface area contributed by atoms with Crippen LogP contribution in [0.25, 0.3) is 11.1 Å². The number of methoxy groups -OCH3 is 1. The van der Waals surface area contributed by atoms with E-state index in [0.29, 0.717) is 46.1 Å². The maximum Gasteiger partial charge on any atom is 0.335 e. The first-order chi connectivity index (χ1) is 18.2. The Kier molecular flexibility index (Phi) is 8.44. The van der Waals surface area contributed by atoms with Crippen molar-refractivity contribution in [3.8, 4) is 16.9 Å². The van der Waals surface area contributed by atoms with Gasteiger partial charge in [-0.05, 0) is 61.2 Å². The third-order valence-electron chi connectivity index (χ3n) is 6.71. The monoisotopic (exact) mass is 537 g/mol. The molecule has 2 aromatic carbocycles.